The minimum Gasteiger partial charge on any atom is -0.490 e. The molecule has 6 heteroatoms. The Labute approximate surface area is 86.4 Å². The molecule has 0 heterocycles. The maximum atomic E-state index is 10.6. The van der Waals surface area contributed by atoms with Gasteiger partial charge in [-0.2, -0.15) is 0 Å². The van der Waals surface area contributed by atoms with Gasteiger partial charge in [0, 0.05) is 12.6 Å². The average Bonchev–Trinajstić information content (AvgIpc) is 2.26. The molecule has 0 fully saturated rings. The fourth-order valence-corrected chi connectivity index (χ4v) is 1.19. The molecule has 1 rings (SSSR count). The topological polar surface area (TPSA) is 98.6 Å². The van der Waals surface area contributed by atoms with Crippen LogP contribution < -0.4 is 10.5 Å². The van der Waals surface area contributed by atoms with E-state index in [4.69, 9.17) is 10.5 Å². The first-order chi connectivity index (χ1) is 7.10. The molecule has 0 spiro atoms. The highest BCUT2D eigenvalue weighted by Gasteiger charge is 2.16. The molecule has 3 N–H and O–H groups in total. The van der Waals surface area contributed by atoms with E-state index in [1.54, 1.807) is 0 Å². The molecular formula is C9H12N2O4. The third-order valence-corrected chi connectivity index (χ3v) is 2.01. The van der Waals surface area contributed by atoms with Gasteiger partial charge in [-0.1, -0.05) is 0 Å². The second-order valence-electron chi connectivity index (χ2n) is 2.94. The third-order valence-electron chi connectivity index (χ3n) is 2.01. The molecule has 15 heavy (non-hydrogen) atoms. The molecule has 82 valence electrons. The fraction of sp³-hybridized carbons (Fsp3) is 0.333. The zero-order valence-electron chi connectivity index (χ0n) is 8.21. The SMILES string of the molecule is COc1cc([C@H](O)CN)ccc1[N+](=O)[O-]. The van der Waals surface area contributed by atoms with Crippen molar-refractivity contribution in [2.75, 3.05) is 13.7 Å². The van der Waals surface area contributed by atoms with Crippen LogP contribution in [0.15, 0.2) is 18.2 Å². The molecule has 0 saturated heterocycles. The second kappa shape index (κ2) is 4.72. The number of ether oxygens (including phenoxy) is 1. The first kappa shape index (κ1) is 11.4. The number of rotatable bonds is 4. The minimum absolute atomic E-state index is 0.0565. The molecule has 0 aromatic heterocycles. The molecule has 0 aliphatic rings. The lowest BCUT2D eigenvalue weighted by atomic mass is 10.1. The van der Waals surface area contributed by atoms with E-state index in [0.717, 1.165) is 0 Å². The van der Waals surface area contributed by atoms with Crippen LogP contribution in [-0.4, -0.2) is 23.7 Å². The first-order valence-corrected chi connectivity index (χ1v) is 4.30. The molecule has 0 saturated carbocycles. The number of nitrogens with two attached hydrogens (primary N) is 1. The van der Waals surface area contributed by atoms with Crippen molar-refractivity contribution in [1.29, 1.82) is 0 Å². The zero-order chi connectivity index (χ0) is 11.4. The Hall–Kier alpha value is -1.66. The predicted molar refractivity (Wildman–Crippen MR) is 53.7 cm³/mol. The van der Waals surface area contributed by atoms with Crippen molar-refractivity contribution in [2.24, 2.45) is 5.73 Å². The van der Waals surface area contributed by atoms with E-state index in [1.807, 2.05) is 0 Å². The van der Waals surface area contributed by atoms with Crippen LogP contribution in [0.4, 0.5) is 5.69 Å². The van der Waals surface area contributed by atoms with E-state index in [2.05, 4.69) is 0 Å². The van der Waals surface area contributed by atoms with Crippen molar-refractivity contribution in [3.8, 4) is 5.75 Å². The number of nitro benzene ring substituents is 1. The number of nitro groups is 1. The monoisotopic (exact) mass is 212 g/mol. The Bertz CT molecular complexity index is 367. The summed E-state index contributed by atoms with van der Waals surface area (Å²) in [4.78, 5) is 10.0. The summed E-state index contributed by atoms with van der Waals surface area (Å²) in [7, 11) is 1.33. The van der Waals surface area contributed by atoms with E-state index in [1.165, 1.54) is 25.3 Å². The maximum Gasteiger partial charge on any atom is 0.310 e. The summed E-state index contributed by atoms with van der Waals surface area (Å²) in [5.74, 6) is 0.116. The summed E-state index contributed by atoms with van der Waals surface area (Å²) in [6.07, 6.45) is -0.834. The summed E-state index contributed by atoms with van der Waals surface area (Å²) in [6.45, 7) is 0.0565. The van der Waals surface area contributed by atoms with E-state index in [9.17, 15) is 15.2 Å². The highest BCUT2D eigenvalue weighted by Crippen LogP contribution is 2.29. The molecule has 6 nitrogen and oxygen atoms in total. The Balaban J connectivity index is 3.13. The maximum absolute atomic E-state index is 10.6. The molecule has 0 aliphatic carbocycles. The van der Waals surface area contributed by atoms with Crippen LogP contribution in [0.2, 0.25) is 0 Å². The quantitative estimate of drug-likeness (QED) is 0.562. The highest BCUT2D eigenvalue weighted by molar-refractivity contribution is 5.48. The van der Waals surface area contributed by atoms with Crippen molar-refractivity contribution in [3.63, 3.8) is 0 Å². The lowest BCUT2D eigenvalue weighted by Crippen LogP contribution is -2.11. The summed E-state index contributed by atoms with van der Waals surface area (Å²) in [5, 5.41) is 20.0. The zero-order valence-corrected chi connectivity index (χ0v) is 8.21. The minimum atomic E-state index is -0.834. The van der Waals surface area contributed by atoms with Crippen LogP contribution in [0.1, 0.15) is 11.7 Å². The molecule has 0 unspecified atom stereocenters. The van der Waals surface area contributed by atoms with Crippen molar-refractivity contribution in [2.45, 2.75) is 6.10 Å². The predicted octanol–water partition coefficient (Wildman–Crippen LogP) is 0.595. The molecule has 0 radical (unpaired) electrons. The van der Waals surface area contributed by atoms with Crippen molar-refractivity contribution in [1.82, 2.24) is 0 Å². The van der Waals surface area contributed by atoms with Crippen LogP contribution in [-0.2, 0) is 0 Å². The van der Waals surface area contributed by atoms with Gasteiger partial charge in [-0.15, -0.1) is 0 Å². The van der Waals surface area contributed by atoms with Crippen molar-refractivity contribution >= 4 is 5.69 Å². The van der Waals surface area contributed by atoms with Gasteiger partial charge in [0.25, 0.3) is 0 Å². The van der Waals surface area contributed by atoms with Gasteiger partial charge in [-0.25, -0.2) is 0 Å². The summed E-state index contributed by atoms with van der Waals surface area (Å²) in [5.41, 5.74) is 5.63. The molecule has 1 aromatic rings. The number of aliphatic hydroxyl groups excluding tert-OH is 1. The number of aliphatic hydroxyl groups is 1. The number of hydrogen-bond acceptors (Lipinski definition) is 5. The van der Waals surface area contributed by atoms with Crippen LogP contribution in [0.25, 0.3) is 0 Å². The first-order valence-electron chi connectivity index (χ1n) is 4.30. The standard InChI is InChI=1S/C9H12N2O4/c1-15-9-4-6(8(12)5-10)2-3-7(9)11(13)14/h2-4,8,12H,5,10H2,1H3/t8-/m1/s1. The van der Waals surface area contributed by atoms with Gasteiger partial charge in [0.2, 0.25) is 0 Å². The summed E-state index contributed by atoms with van der Waals surface area (Å²) in [6, 6.07) is 4.15. The van der Waals surface area contributed by atoms with Gasteiger partial charge in [-0.05, 0) is 17.7 Å². The molecular weight excluding hydrogens is 200 g/mol. The van der Waals surface area contributed by atoms with Crippen molar-refractivity contribution < 1.29 is 14.8 Å². The van der Waals surface area contributed by atoms with E-state index in [-0.39, 0.29) is 18.0 Å². The lowest BCUT2D eigenvalue weighted by Gasteiger charge is -2.09. The number of hydrogen-bond donors (Lipinski definition) is 2. The number of benzene rings is 1. The van der Waals surface area contributed by atoms with Crippen LogP contribution >= 0.6 is 0 Å². The lowest BCUT2D eigenvalue weighted by molar-refractivity contribution is -0.385. The van der Waals surface area contributed by atoms with Crippen molar-refractivity contribution in [3.05, 3.63) is 33.9 Å². The summed E-state index contributed by atoms with van der Waals surface area (Å²) < 4.78 is 4.85. The van der Waals surface area contributed by atoms with Crippen LogP contribution in [0.3, 0.4) is 0 Å². The third kappa shape index (κ3) is 2.42. The largest absolute Gasteiger partial charge is 0.490 e. The van der Waals surface area contributed by atoms with E-state index >= 15 is 0 Å². The highest BCUT2D eigenvalue weighted by atomic mass is 16.6. The van der Waals surface area contributed by atoms with Gasteiger partial charge in [0.05, 0.1) is 18.1 Å². The average molecular weight is 212 g/mol. The summed E-state index contributed by atoms with van der Waals surface area (Å²) >= 11 is 0. The number of methoxy groups -OCH3 is 1. The molecule has 1 aromatic carbocycles. The normalized spacial score (nSPS) is 12.2. The number of nitrogens with zero attached hydrogens (tertiary/aromatic N) is 1. The van der Waals surface area contributed by atoms with Crippen LogP contribution in [0.5, 0.6) is 5.75 Å². The Morgan fingerprint density at radius 2 is 2.33 bits per heavy atom. The molecule has 0 aliphatic heterocycles. The van der Waals surface area contributed by atoms with E-state index in [0.29, 0.717) is 5.56 Å². The van der Waals surface area contributed by atoms with Crippen LogP contribution in [0, 0.1) is 10.1 Å². The Morgan fingerprint density at radius 3 is 2.80 bits per heavy atom. The molecule has 1 atom stereocenters. The van der Waals surface area contributed by atoms with Gasteiger partial charge in [0.1, 0.15) is 0 Å². The fourth-order valence-electron chi connectivity index (χ4n) is 1.19. The molecule has 0 amide bonds. The Morgan fingerprint density at radius 1 is 1.67 bits per heavy atom. The smallest absolute Gasteiger partial charge is 0.310 e. The molecule has 0 bridgehead atoms. The van der Waals surface area contributed by atoms with E-state index < -0.39 is 11.0 Å². The van der Waals surface area contributed by atoms with Gasteiger partial charge < -0.3 is 15.6 Å². The Kier molecular flexibility index (Phi) is 3.59. The van der Waals surface area contributed by atoms with Gasteiger partial charge >= 0.3 is 5.69 Å². The van der Waals surface area contributed by atoms with Gasteiger partial charge in [-0.3, -0.25) is 10.1 Å². The second-order valence-corrected chi connectivity index (χ2v) is 2.94. The van der Waals surface area contributed by atoms with Gasteiger partial charge in [0.15, 0.2) is 5.75 Å².